The molecular formula is C29H40O4. The zero-order valence-corrected chi connectivity index (χ0v) is 21.2. The second-order valence-electron chi connectivity index (χ2n) is 9.20. The third-order valence-electron chi connectivity index (χ3n) is 5.23. The Morgan fingerprint density at radius 1 is 0.848 bits per heavy atom. The molecule has 0 unspecified atom stereocenters. The van der Waals surface area contributed by atoms with E-state index in [4.69, 9.17) is 14.2 Å². The number of carbonyl (C=O) groups excluding carboxylic acids is 1. The Morgan fingerprint density at radius 3 is 1.85 bits per heavy atom. The van der Waals surface area contributed by atoms with Gasteiger partial charge in [0.25, 0.3) is 0 Å². The molecule has 0 fully saturated rings. The molecule has 0 saturated heterocycles. The summed E-state index contributed by atoms with van der Waals surface area (Å²) in [4.78, 5) is 12.7. The average molecular weight is 453 g/mol. The van der Waals surface area contributed by atoms with Gasteiger partial charge in [0.2, 0.25) is 0 Å². The van der Waals surface area contributed by atoms with Crippen LogP contribution in [0.5, 0.6) is 17.2 Å². The van der Waals surface area contributed by atoms with Crippen molar-refractivity contribution in [2.75, 3.05) is 19.8 Å². The summed E-state index contributed by atoms with van der Waals surface area (Å²) < 4.78 is 17.9. The molecular weight excluding hydrogens is 412 g/mol. The molecule has 0 aliphatic heterocycles. The van der Waals surface area contributed by atoms with Gasteiger partial charge in [-0.15, -0.1) is 0 Å². The van der Waals surface area contributed by atoms with Gasteiger partial charge in [-0.1, -0.05) is 53.5 Å². The molecule has 2 aromatic carbocycles. The molecule has 180 valence electrons. The Morgan fingerprint density at radius 2 is 1.39 bits per heavy atom. The molecule has 0 aromatic heterocycles. The third kappa shape index (κ3) is 8.27. The standard InChI is InChI=1S/C29H40O4/c1-7-10-18-32-26-20-22(21-27(33-19-11-8-2)28(26)29(4,5)6)12-17-25(30)23-13-15-24(16-14-23)31-9-3/h12-17,20-21H,7-11,18-19H2,1-6H3. The molecule has 0 aliphatic rings. The van der Waals surface area contributed by atoms with Crippen LogP contribution in [0, 0.1) is 0 Å². The molecule has 0 N–H and O–H groups in total. The largest absolute Gasteiger partial charge is 0.494 e. The van der Waals surface area contributed by atoms with Crippen molar-refractivity contribution in [3.8, 4) is 17.2 Å². The first-order chi connectivity index (χ1) is 15.8. The highest BCUT2D eigenvalue weighted by molar-refractivity contribution is 6.06. The molecule has 0 bridgehead atoms. The van der Waals surface area contributed by atoms with Crippen molar-refractivity contribution in [1.82, 2.24) is 0 Å². The zero-order chi connectivity index (χ0) is 24.3. The number of carbonyl (C=O) groups is 1. The maximum atomic E-state index is 12.7. The van der Waals surface area contributed by atoms with Crippen LogP contribution in [0.2, 0.25) is 0 Å². The van der Waals surface area contributed by atoms with Gasteiger partial charge in [-0.3, -0.25) is 4.79 Å². The smallest absolute Gasteiger partial charge is 0.185 e. The highest BCUT2D eigenvalue weighted by Gasteiger charge is 2.25. The van der Waals surface area contributed by atoms with E-state index in [0.717, 1.165) is 54.1 Å². The van der Waals surface area contributed by atoms with E-state index in [1.54, 1.807) is 18.2 Å². The number of ketones is 1. The van der Waals surface area contributed by atoms with Crippen LogP contribution in [0.3, 0.4) is 0 Å². The number of hydrogen-bond acceptors (Lipinski definition) is 4. The SMILES string of the molecule is CCCCOc1cc(C=CC(=O)c2ccc(OCC)cc2)cc(OCCCC)c1C(C)(C)C. The first kappa shape index (κ1) is 26.5. The Balaban J connectivity index is 2.36. The summed E-state index contributed by atoms with van der Waals surface area (Å²) in [5, 5.41) is 0. The van der Waals surface area contributed by atoms with Crippen LogP contribution in [-0.4, -0.2) is 25.6 Å². The van der Waals surface area contributed by atoms with Crippen LogP contribution in [-0.2, 0) is 5.41 Å². The fourth-order valence-corrected chi connectivity index (χ4v) is 3.48. The van der Waals surface area contributed by atoms with Crippen LogP contribution in [0.15, 0.2) is 42.5 Å². The van der Waals surface area contributed by atoms with Crippen molar-refractivity contribution in [2.45, 2.75) is 72.6 Å². The van der Waals surface area contributed by atoms with Gasteiger partial charge in [-0.05, 0) is 73.2 Å². The molecule has 2 aromatic rings. The topological polar surface area (TPSA) is 44.8 Å². The summed E-state index contributed by atoms with van der Waals surface area (Å²) >= 11 is 0. The molecule has 33 heavy (non-hydrogen) atoms. The molecule has 2 rings (SSSR count). The zero-order valence-electron chi connectivity index (χ0n) is 21.2. The maximum Gasteiger partial charge on any atom is 0.185 e. The summed E-state index contributed by atoms with van der Waals surface area (Å²) in [7, 11) is 0. The Kier molecular flexibility index (Phi) is 10.5. The number of unbranched alkanes of at least 4 members (excludes halogenated alkanes) is 2. The van der Waals surface area contributed by atoms with E-state index in [1.165, 1.54) is 0 Å². The first-order valence-corrected chi connectivity index (χ1v) is 12.2. The fraction of sp³-hybridized carbons (Fsp3) is 0.483. The minimum Gasteiger partial charge on any atom is -0.494 e. The number of ether oxygens (including phenoxy) is 3. The van der Waals surface area contributed by atoms with E-state index in [1.807, 2.05) is 37.3 Å². The van der Waals surface area contributed by atoms with Gasteiger partial charge in [-0.2, -0.15) is 0 Å². The maximum absolute atomic E-state index is 12.7. The van der Waals surface area contributed by atoms with Crippen LogP contribution >= 0.6 is 0 Å². The molecule has 0 radical (unpaired) electrons. The van der Waals surface area contributed by atoms with E-state index in [9.17, 15) is 4.79 Å². The minimum absolute atomic E-state index is 0.0557. The monoisotopic (exact) mass is 452 g/mol. The Labute approximate surface area is 200 Å². The van der Waals surface area contributed by atoms with E-state index >= 15 is 0 Å². The number of rotatable bonds is 13. The lowest BCUT2D eigenvalue weighted by Crippen LogP contribution is -2.17. The molecule has 0 aliphatic carbocycles. The van der Waals surface area contributed by atoms with Crippen molar-refractivity contribution in [1.29, 1.82) is 0 Å². The summed E-state index contributed by atoms with van der Waals surface area (Å²) in [6.07, 6.45) is 7.57. The first-order valence-electron chi connectivity index (χ1n) is 12.2. The molecule has 0 heterocycles. The predicted octanol–water partition coefficient (Wildman–Crippen LogP) is 7.64. The number of allylic oxidation sites excluding steroid dienone is 1. The van der Waals surface area contributed by atoms with E-state index < -0.39 is 0 Å². The van der Waals surface area contributed by atoms with Crippen LogP contribution < -0.4 is 14.2 Å². The van der Waals surface area contributed by atoms with Crippen molar-refractivity contribution in [2.24, 2.45) is 0 Å². The normalized spacial score (nSPS) is 11.6. The summed E-state index contributed by atoms with van der Waals surface area (Å²) in [6, 6.07) is 11.3. The second kappa shape index (κ2) is 13.1. The van der Waals surface area contributed by atoms with E-state index in [0.29, 0.717) is 25.4 Å². The van der Waals surface area contributed by atoms with Crippen molar-refractivity contribution < 1.29 is 19.0 Å². The number of benzene rings is 2. The summed E-state index contributed by atoms with van der Waals surface area (Å²) in [5.74, 6) is 2.37. The summed E-state index contributed by atoms with van der Waals surface area (Å²) in [5.41, 5.74) is 2.45. The van der Waals surface area contributed by atoms with Gasteiger partial charge in [-0.25, -0.2) is 0 Å². The molecule has 4 heteroatoms. The van der Waals surface area contributed by atoms with Gasteiger partial charge in [0.05, 0.1) is 19.8 Å². The minimum atomic E-state index is -0.135. The van der Waals surface area contributed by atoms with Crippen LogP contribution in [0.4, 0.5) is 0 Å². The Hall–Kier alpha value is -2.75. The Bertz CT molecular complexity index is 873. The van der Waals surface area contributed by atoms with E-state index in [2.05, 4.69) is 34.6 Å². The van der Waals surface area contributed by atoms with Crippen molar-refractivity contribution in [3.05, 3.63) is 59.2 Å². The van der Waals surface area contributed by atoms with Gasteiger partial charge in [0.1, 0.15) is 17.2 Å². The summed E-state index contributed by atoms with van der Waals surface area (Å²) in [6.45, 7) is 14.7. The molecule has 0 spiro atoms. The van der Waals surface area contributed by atoms with Gasteiger partial charge in [0.15, 0.2) is 5.78 Å². The fourth-order valence-electron chi connectivity index (χ4n) is 3.48. The van der Waals surface area contributed by atoms with Gasteiger partial charge < -0.3 is 14.2 Å². The molecule has 0 atom stereocenters. The highest BCUT2D eigenvalue weighted by Crippen LogP contribution is 2.40. The van der Waals surface area contributed by atoms with Crippen LogP contribution in [0.1, 0.15) is 88.7 Å². The van der Waals surface area contributed by atoms with Crippen molar-refractivity contribution >= 4 is 11.9 Å². The third-order valence-corrected chi connectivity index (χ3v) is 5.23. The lowest BCUT2D eigenvalue weighted by molar-refractivity contribution is 0.104. The van der Waals surface area contributed by atoms with E-state index in [-0.39, 0.29) is 11.2 Å². The molecule has 4 nitrogen and oxygen atoms in total. The lowest BCUT2D eigenvalue weighted by atomic mass is 9.84. The predicted molar refractivity (Wildman–Crippen MR) is 137 cm³/mol. The highest BCUT2D eigenvalue weighted by atomic mass is 16.5. The average Bonchev–Trinajstić information content (AvgIpc) is 2.77. The second-order valence-corrected chi connectivity index (χ2v) is 9.20. The van der Waals surface area contributed by atoms with Gasteiger partial charge >= 0.3 is 0 Å². The van der Waals surface area contributed by atoms with Crippen LogP contribution in [0.25, 0.3) is 6.08 Å². The lowest BCUT2D eigenvalue weighted by Gasteiger charge is -2.26. The van der Waals surface area contributed by atoms with Crippen molar-refractivity contribution in [3.63, 3.8) is 0 Å². The van der Waals surface area contributed by atoms with Gasteiger partial charge in [0, 0.05) is 11.1 Å². The quantitative estimate of drug-likeness (QED) is 0.178. The molecule has 0 saturated carbocycles. The number of hydrogen-bond donors (Lipinski definition) is 0. The molecule has 0 amide bonds.